The first-order chi connectivity index (χ1) is 8.97. The minimum Gasteiger partial charge on any atom is -0.493 e. The fraction of sp³-hybridized carbons (Fsp3) is 0.250. The largest absolute Gasteiger partial charge is 0.493 e. The number of aryl methyl sites for hydroxylation is 1. The Balaban J connectivity index is 2.15. The van der Waals surface area contributed by atoms with E-state index in [9.17, 15) is 0 Å². The van der Waals surface area contributed by atoms with E-state index in [1.807, 2.05) is 18.2 Å². The molecule has 1 aliphatic heterocycles. The maximum Gasteiger partial charge on any atom is 0.122 e. The lowest BCUT2D eigenvalue weighted by Crippen LogP contribution is -1.94. The topological polar surface area (TPSA) is 27.1 Å². The second-order valence-electron chi connectivity index (χ2n) is 3.67. The summed E-state index contributed by atoms with van der Waals surface area (Å²) in [6.07, 6.45) is 2.36. The zero-order valence-corrected chi connectivity index (χ0v) is 9.99. The minimum atomic E-state index is -2.29. The van der Waals surface area contributed by atoms with Gasteiger partial charge in [0.05, 0.1) is 23.0 Å². The number of ether oxygens (including phenoxy) is 1. The summed E-state index contributed by atoms with van der Waals surface area (Å²) in [5.74, 6) is 0.875. The molecule has 2 aromatic rings. The van der Waals surface area contributed by atoms with Gasteiger partial charge in [-0.3, -0.25) is 4.68 Å². The third-order valence-electron chi connectivity index (χ3n) is 2.69. The van der Waals surface area contributed by atoms with Crippen molar-refractivity contribution in [2.24, 2.45) is 6.98 Å². The number of halogens is 1. The van der Waals surface area contributed by atoms with Crippen molar-refractivity contribution in [2.45, 2.75) is 6.42 Å². The van der Waals surface area contributed by atoms with Gasteiger partial charge in [-0.2, -0.15) is 5.10 Å². The molecule has 3 rings (SSSR count). The quantitative estimate of drug-likeness (QED) is 0.804. The molecule has 3 nitrogen and oxygen atoms in total. The molecule has 0 bridgehead atoms. The number of rotatable bonds is 1. The van der Waals surface area contributed by atoms with Crippen LogP contribution in [0, 0.1) is 0 Å². The number of benzene rings is 1. The van der Waals surface area contributed by atoms with Crippen LogP contribution in [0.5, 0.6) is 5.75 Å². The van der Waals surface area contributed by atoms with Crippen LogP contribution in [-0.2, 0) is 13.4 Å². The SMILES string of the molecule is [2H]C([2H])([2H])n1ncc(Br)c1-c1ccc2c(c1)CCO2. The van der Waals surface area contributed by atoms with Crippen LogP contribution in [0.4, 0.5) is 0 Å². The first-order valence-electron chi connectivity index (χ1n) is 6.47. The summed E-state index contributed by atoms with van der Waals surface area (Å²) in [7, 11) is 0. The molecule has 0 unspecified atom stereocenters. The average Bonchev–Trinajstić information content (AvgIpc) is 2.92. The molecule has 0 N–H and O–H groups in total. The summed E-state index contributed by atoms with van der Waals surface area (Å²) in [5.41, 5.74) is 2.49. The number of aromatic nitrogens is 2. The maximum absolute atomic E-state index is 7.52. The van der Waals surface area contributed by atoms with Crippen LogP contribution in [0.1, 0.15) is 9.68 Å². The molecular weight excluding hydrogens is 268 g/mol. The lowest BCUT2D eigenvalue weighted by molar-refractivity contribution is 0.357. The molecule has 0 amide bonds. The van der Waals surface area contributed by atoms with Crippen LogP contribution in [0.25, 0.3) is 11.3 Å². The van der Waals surface area contributed by atoms with Crippen LogP contribution in [-0.4, -0.2) is 16.4 Å². The molecule has 0 fully saturated rings. The van der Waals surface area contributed by atoms with Crippen molar-refractivity contribution in [3.8, 4) is 17.0 Å². The van der Waals surface area contributed by atoms with E-state index in [-0.39, 0.29) is 0 Å². The van der Waals surface area contributed by atoms with Crippen LogP contribution >= 0.6 is 15.9 Å². The van der Waals surface area contributed by atoms with Crippen LogP contribution in [0.3, 0.4) is 0 Å². The van der Waals surface area contributed by atoms with E-state index < -0.39 is 6.98 Å². The van der Waals surface area contributed by atoms with E-state index in [1.54, 1.807) is 0 Å². The highest BCUT2D eigenvalue weighted by atomic mass is 79.9. The molecule has 0 atom stereocenters. The molecule has 0 spiro atoms. The summed E-state index contributed by atoms with van der Waals surface area (Å²) < 4.78 is 29.7. The summed E-state index contributed by atoms with van der Waals surface area (Å²) in [5, 5.41) is 3.93. The molecule has 1 aliphatic rings. The first-order valence-corrected chi connectivity index (χ1v) is 5.76. The van der Waals surface area contributed by atoms with Crippen molar-refractivity contribution in [2.75, 3.05) is 6.61 Å². The fourth-order valence-electron chi connectivity index (χ4n) is 1.92. The van der Waals surface area contributed by atoms with Gasteiger partial charge in [0, 0.05) is 23.1 Å². The molecule has 82 valence electrons. The molecule has 0 saturated heterocycles. The van der Waals surface area contributed by atoms with Gasteiger partial charge in [-0.15, -0.1) is 0 Å². The first kappa shape index (κ1) is 7.12. The van der Waals surface area contributed by atoms with Crippen molar-refractivity contribution in [1.29, 1.82) is 0 Å². The molecular formula is C12H11BrN2O. The number of nitrogens with zero attached hydrogens (tertiary/aromatic N) is 2. The standard InChI is InChI=1S/C12H11BrN2O/c1-15-12(10(13)7-14-15)9-2-3-11-8(6-9)4-5-16-11/h2-3,6-7H,4-5H2,1H3/i1D3. The highest BCUT2D eigenvalue weighted by Crippen LogP contribution is 2.33. The van der Waals surface area contributed by atoms with Crippen molar-refractivity contribution in [1.82, 2.24) is 9.78 Å². The van der Waals surface area contributed by atoms with E-state index in [2.05, 4.69) is 21.0 Å². The maximum atomic E-state index is 7.52. The van der Waals surface area contributed by atoms with Gasteiger partial charge >= 0.3 is 0 Å². The molecule has 16 heavy (non-hydrogen) atoms. The van der Waals surface area contributed by atoms with Crippen molar-refractivity contribution < 1.29 is 8.85 Å². The predicted molar refractivity (Wildman–Crippen MR) is 65.5 cm³/mol. The highest BCUT2D eigenvalue weighted by molar-refractivity contribution is 9.10. The van der Waals surface area contributed by atoms with Gasteiger partial charge in [0.1, 0.15) is 5.75 Å². The van der Waals surface area contributed by atoms with Crippen molar-refractivity contribution in [3.05, 3.63) is 34.4 Å². The molecule has 0 aliphatic carbocycles. The van der Waals surface area contributed by atoms with E-state index in [4.69, 9.17) is 8.85 Å². The number of fused-ring (bicyclic) bond motifs is 1. The van der Waals surface area contributed by atoms with Gasteiger partial charge in [0.15, 0.2) is 0 Å². The zero-order chi connectivity index (χ0) is 13.6. The second-order valence-corrected chi connectivity index (χ2v) is 4.53. The van der Waals surface area contributed by atoms with E-state index in [1.165, 1.54) is 6.20 Å². The fourth-order valence-corrected chi connectivity index (χ4v) is 2.41. The van der Waals surface area contributed by atoms with E-state index in [0.29, 0.717) is 16.8 Å². The molecule has 1 aromatic carbocycles. The van der Waals surface area contributed by atoms with Gasteiger partial charge in [-0.1, -0.05) is 0 Å². The minimum absolute atomic E-state index is 0.565. The summed E-state index contributed by atoms with van der Waals surface area (Å²) >= 11 is 3.36. The normalized spacial score (nSPS) is 17.2. The average molecular weight is 282 g/mol. The lowest BCUT2D eigenvalue weighted by atomic mass is 10.1. The summed E-state index contributed by atoms with van der Waals surface area (Å²) in [4.78, 5) is 0. The van der Waals surface area contributed by atoms with Gasteiger partial charge in [-0.05, 0) is 39.7 Å². The Labute approximate surface area is 106 Å². The monoisotopic (exact) mass is 281 g/mol. The third kappa shape index (κ3) is 1.45. The van der Waals surface area contributed by atoms with Gasteiger partial charge < -0.3 is 4.74 Å². The van der Waals surface area contributed by atoms with Gasteiger partial charge in [0.25, 0.3) is 0 Å². The Kier molecular flexibility index (Phi) is 1.61. The molecule has 4 heteroatoms. The van der Waals surface area contributed by atoms with Crippen LogP contribution in [0.2, 0.25) is 0 Å². The number of hydrogen-bond donors (Lipinski definition) is 0. The molecule has 2 heterocycles. The Morgan fingerprint density at radius 1 is 1.56 bits per heavy atom. The smallest absolute Gasteiger partial charge is 0.122 e. The predicted octanol–water partition coefficient (Wildman–Crippen LogP) is 2.78. The number of hydrogen-bond acceptors (Lipinski definition) is 2. The molecule has 0 saturated carbocycles. The lowest BCUT2D eigenvalue weighted by Gasteiger charge is -2.05. The summed E-state index contributed by atoms with van der Waals surface area (Å²) in [6.45, 7) is -1.62. The third-order valence-corrected chi connectivity index (χ3v) is 3.27. The Bertz CT molecular complexity index is 636. The molecule has 1 aromatic heterocycles. The van der Waals surface area contributed by atoms with E-state index >= 15 is 0 Å². The van der Waals surface area contributed by atoms with Crippen molar-refractivity contribution in [3.63, 3.8) is 0 Å². The molecule has 0 radical (unpaired) electrons. The summed E-state index contributed by atoms with van der Waals surface area (Å²) in [6, 6.07) is 5.70. The van der Waals surface area contributed by atoms with E-state index in [0.717, 1.165) is 28.0 Å². The van der Waals surface area contributed by atoms with Gasteiger partial charge in [0.2, 0.25) is 0 Å². The van der Waals surface area contributed by atoms with Crippen molar-refractivity contribution >= 4 is 15.9 Å². The Morgan fingerprint density at radius 3 is 3.38 bits per heavy atom. The highest BCUT2D eigenvalue weighted by Gasteiger charge is 2.15. The van der Waals surface area contributed by atoms with Crippen LogP contribution in [0.15, 0.2) is 28.9 Å². The van der Waals surface area contributed by atoms with Gasteiger partial charge in [-0.25, -0.2) is 0 Å². The Morgan fingerprint density at radius 2 is 2.50 bits per heavy atom. The van der Waals surface area contributed by atoms with Crippen LogP contribution < -0.4 is 4.74 Å². The zero-order valence-electron chi connectivity index (χ0n) is 11.4. The Hall–Kier alpha value is -1.29. The second kappa shape index (κ2) is 3.63.